The van der Waals surface area contributed by atoms with Gasteiger partial charge in [0.15, 0.2) is 0 Å². The van der Waals surface area contributed by atoms with Crippen LogP contribution in [-0.2, 0) is 14.8 Å². The van der Waals surface area contributed by atoms with Crippen LogP contribution in [-0.4, -0.2) is 38.2 Å². The highest BCUT2D eigenvalue weighted by Gasteiger charge is 2.29. The van der Waals surface area contributed by atoms with E-state index in [1.807, 2.05) is 6.92 Å². The summed E-state index contributed by atoms with van der Waals surface area (Å²) in [4.78, 5) is 23.2. The Bertz CT molecular complexity index is 1010. The van der Waals surface area contributed by atoms with Crippen LogP contribution in [0.15, 0.2) is 42.5 Å². The SMILES string of the molecule is CCOc1ccc(N([C@@H](C)C(=O)Nc2cc([N+](=O)[O-])ccc2C)S(C)(=O)=O)cc1. The first-order chi connectivity index (χ1) is 13.5. The molecule has 0 radical (unpaired) electrons. The number of carbonyl (C=O) groups excluding carboxylic acids is 1. The Hall–Kier alpha value is -3.14. The second-order valence-electron chi connectivity index (χ2n) is 6.41. The van der Waals surface area contributed by atoms with Crippen LogP contribution in [0, 0.1) is 17.0 Å². The Labute approximate surface area is 169 Å². The molecule has 0 fully saturated rings. The smallest absolute Gasteiger partial charge is 0.271 e. The molecule has 0 bridgehead atoms. The molecule has 0 saturated heterocycles. The summed E-state index contributed by atoms with van der Waals surface area (Å²) in [6.45, 7) is 5.43. The maximum absolute atomic E-state index is 12.8. The number of nitro benzene ring substituents is 1. The molecule has 0 spiro atoms. The number of amides is 1. The maximum Gasteiger partial charge on any atom is 0.271 e. The molecule has 0 aromatic heterocycles. The molecule has 1 amide bonds. The summed E-state index contributed by atoms with van der Waals surface area (Å²) in [5.74, 6) is -0.0399. The van der Waals surface area contributed by atoms with Gasteiger partial charge in [-0.3, -0.25) is 19.2 Å². The molecule has 2 rings (SSSR count). The summed E-state index contributed by atoms with van der Waals surface area (Å²) in [5, 5.41) is 13.6. The molecule has 0 saturated carbocycles. The molecular weight excluding hydrogens is 398 g/mol. The van der Waals surface area contributed by atoms with Crippen molar-refractivity contribution in [1.29, 1.82) is 0 Å². The third-order valence-electron chi connectivity index (χ3n) is 4.18. The minimum Gasteiger partial charge on any atom is -0.494 e. The fourth-order valence-electron chi connectivity index (χ4n) is 2.76. The van der Waals surface area contributed by atoms with Crippen molar-refractivity contribution < 1.29 is 22.9 Å². The van der Waals surface area contributed by atoms with E-state index in [2.05, 4.69) is 5.32 Å². The van der Waals surface area contributed by atoms with E-state index in [0.29, 0.717) is 23.6 Å². The Kier molecular flexibility index (Phi) is 6.80. The zero-order valence-corrected chi connectivity index (χ0v) is 17.4. The zero-order valence-electron chi connectivity index (χ0n) is 16.6. The number of carbonyl (C=O) groups is 1. The van der Waals surface area contributed by atoms with Crippen LogP contribution in [0.25, 0.3) is 0 Å². The maximum atomic E-state index is 12.8. The van der Waals surface area contributed by atoms with Gasteiger partial charge in [-0.05, 0) is 50.6 Å². The zero-order chi connectivity index (χ0) is 21.8. The Morgan fingerprint density at radius 3 is 2.38 bits per heavy atom. The first kappa shape index (κ1) is 22.2. The number of non-ortho nitro benzene ring substituents is 1. The number of hydrogen-bond donors (Lipinski definition) is 1. The van der Waals surface area contributed by atoms with Gasteiger partial charge in [-0.2, -0.15) is 0 Å². The van der Waals surface area contributed by atoms with Gasteiger partial charge < -0.3 is 10.1 Å². The molecule has 0 heterocycles. The van der Waals surface area contributed by atoms with Gasteiger partial charge in [0, 0.05) is 12.1 Å². The number of rotatable bonds is 8. The molecule has 2 aromatic carbocycles. The van der Waals surface area contributed by atoms with E-state index in [0.717, 1.165) is 10.6 Å². The van der Waals surface area contributed by atoms with Crippen LogP contribution in [0.5, 0.6) is 5.75 Å². The first-order valence-corrected chi connectivity index (χ1v) is 10.7. The number of hydrogen-bond acceptors (Lipinski definition) is 6. The summed E-state index contributed by atoms with van der Waals surface area (Å²) in [5.41, 5.74) is 0.985. The van der Waals surface area contributed by atoms with E-state index < -0.39 is 26.9 Å². The van der Waals surface area contributed by atoms with Gasteiger partial charge in [0.05, 0.1) is 29.2 Å². The van der Waals surface area contributed by atoms with Crippen LogP contribution >= 0.6 is 0 Å². The van der Waals surface area contributed by atoms with Gasteiger partial charge in [-0.25, -0.2) is 8.42 Å². The molecule has 2 aromatic rings. The molecule has 29 heavy (non-hydrogen) atoms. The monoisotopic (exact) mass is 421 g/mol. The summed E-state index contributed by atoms with van der Waals surface area (Å²) in [6, 6.07) is 9.32. The summed E-state index contributed by atoms with van der Waals surface area (Å²) in [6.07, 6.45) is 1.01. The average Bonchev–Trinajstić information content (AvgIpc) is 2.64. The molecule has 0 aliphatic rings. The number of nitrogens with one attached hydrogen (secondary N) is 1. The third-order valence-corrected chi connectivity index (χ3v) is 5.42. The fraction of sp³-hybridized carbons (Fsp3) is 0.316. The van der Waals surface area contributed by atoms with Crippen LogP contribution in [0.3, 0.4) is 0 Å². The van der Waals surface area contributed by atoms with Crippen molar-refractivity contribution in [1.82, 2.24) is 0 Å². The van der Waals surface area contributed by atoms with E-state index in [1.165, 1.54) is 25.1 Å². The normalized spacial score (nSPS) is 12.1. The van der Waals surface area contributed by atoms with Crippen molar-refractivity contribution in [2.24, 2.45) is 0 Å². The quantitative estimate of drug-likeness (QED) is 0.517. The van der Waals surface area contributed by atoms with E-state index >= 15 is 0 Å². The lowest BCUT2D eigenvalue weighted by molar-refractivity contribution is -0.384. The van der Waals surface area contributed by atoms with E-state index in [-0.39, 0.29) is 11.4 Å². The average molecular weight is 421 g/mol. The van der Waals surface area contributed by atoms with Crippen molar-refractivity contribution in [3.63, 3.8) is 0 Å². The first-order valence-electron chi connectivity index (χ1n) is 8.82. The topological polar surface area (TPSA) is 119 Å². The van der Waals surface area contributed by atoms with Gasteiger partial charge >= 0.3 is 0 Å². The number of benzene rings is 2. The minimum absolute atomic E-state index is 0.176. The van der Waals surface area contributed by atoms with Crippen molar-refractivity contribution in [2.45, 2.75) is 26.8 Å². The van der Waals surface area contributed by atoms with Crippen molar-refractivity contribution in [3.05, 3.63) is 58.1 Å². The van der Waals surface area contributed by atoms with Crippen molar-refractivity contribution >= 4 is 33.0 Å². The van der Waals surface area contributed by atoms with Crippen LogP contribution in [0.2, 0.25) is 0 Å². The van der Waals surface area contributed by atoms with Gasteiger partial charge in [0.1, 0.15) is 11.8 Å². The Balaban J connectivity index is 2.32. The lowest BCUT2D eigenvalue weighted by Crippen LogP contribution is -2.45. The number of sulfonamides is 1. The molecule has 1 atom stereocenters. The number of nitrogens with zero attached hydrogens (tertiary/aromatic N) is 2. The van der Waals surface area contributed by atoms with Gasteiger partial charge in [0.2, 0.25) is 15.9 Å². The molecule has 10 heteroatoms. The largest absolute Gasteiger partial charge is 0.494 e. The number of ether oxygens (including phenoxy) is 1. The second kappa shape index (κ2) is 8.91. The van der Waals surface area contributed by atoms with Gasteiger partial charge in [0.25, 0.3) is 5.69 Å². The molecule has 1 N–H and O–H groups in total. The van der Waals surface area contributed by atoms with Gasteiger partial charge in [-0.15, -0.1) is 0 Å². The molecule has 156 valence electrons. The fourth-order valence-corrected chi connectivity index (χ4v) is 3.93. The Morgan fingerprint density at radius 2 is 1.86 bits per heavy atom. The van der Waals surface area contributed by atoms with Gasteiger partial charge in [-0.1, -0.05) is 6.07 Å². The highest BCUT2D eigenvalue weighted by atomic mass is 32.2. The second-order valence-corrected chi connectivity index (χ2v) is 8.27. The number of nitro groups is 1. The van der Waals surface area contributed by atoms with Crippen molar-refractivity contribution in [3.8, 4) is 5.75 Å². The summed E-state index contributed by atoms with van der Waals surface area (Å²) in [7, 11) is -3.79. The summed E-state index contributed by atoms with van der Waals surface area (Å²) >= 11 is 0. The Morgan fingerprint density at radius 1 is 1.24 bits per heavy atom. The molecule has 9 nitrogen and oxygen atoms in total. The number of anilines is 2. The highest BCUT2D eigenvalue weighted by molar-refractivity contribution is 7.92. The predicted octanol–water partition coefficient (Wildman–Crippen LogP) is 3.10. The van der Waals surface area contributed by atoms with Crippen LogP contribution < -0.4 is 14.4 Å². The lowest BCUT2D eigenvalue weighted by atomic mass is 10.1. The van der Waals surface area contributed by atoms with E-state index in [4.69, 9.17) is 4.74 Å². The van der Waals surface area contributed by atoms with E-state index in [1.54, 1.807) is 31.2 Å². The molecular formula is C19H23N3O6S. The molecule has 0 aliphatic heterocycles. The lowest BCUT2D eigenvalue weighted by Gasteiger charge is -2.28. The van der Waals surface area contributed by atoms with E-state index in [9.17, 15) is 23.3 Å². The highest BCUT2D eigenvalue weighted by Crippen LogP contribution is 2.26. The van der Waals surface area contributed by atoms with Crippen molar-refractivity contribution in [2.75, 3.05) is 22.5 Å². The number of aryl methyl sites for hydroxylation is 1. The molecule has 0 aliphatic carbocycles. The molecule has 0 unspecified atom stereocenters. The minimum atomic E-state index is -3.79. The standard InChI is InChI=1S/C19H23N3O6S/c1-5-28-17-10-8-15(9-11-17)21(29(4,26)27)14(3)19(23)20-18-12-16(22(24)25)7-6-13(18)2/h6-12,14H,5H2,1-4H3,(H,20,23)/t14-/m0/s1. The predicted molar refractivity (Wildman–Crippen MR) is 111 cm³/mol. The summed E-state index contributed by atoms with van der Waals surface area (Å²) < 4.78 is 31.1. The van der Waals surface area contributed by atoms with Crippen LogP contribution in [0.1, 0.15) is 19.4 Å². The van der Waals surface area contributed by atoms with Crippen LogP contribution in [0.4, 0.5) is 17.1 Å². The third kappa shape index (κ3) is 5.44.